The molecule has 2 N–H and O–H groups in total. The maximum Gasteiger partial charge on any atom is 0.251 e. The van der Waals surface area contributed by atoms with E-state index in [1.807, 2.05) is 23.1 Å². The van der Waals surface area contributed by atoms with E-state index in [1.54, 1.807) is 12.1 Å². The molecular weight excluding hydrogens is 392 g/mol. The highest BCUT2D eigenvalue weighted by Crippen LogP contribution is 2.32. The number of ether oxygens (including phenoxy) is 1. The van der Waals surface area contributed by atoms with Crippen LogP contribution in [0.25, 0.3) is 0 Å². The summed E-state index contributed by atoms with van der Waals surface area (Å²) in [6.07, 6.45) is 3.81. The predicted molar refractivity (Wildman–Crippen MR) is 118 cm³/mol. The van der Waals surface area contributed by atoms with Gasteiger partial charge in [0.25, 0.3) is 5.91 Å². The zero-order chi connectivity index (χ0) is 22.0. The van der Waals surface area contributed by atoms with Gasteiger partial charge < -0.3 is 15.0 Å². The van der Waals surface area contributed by atoms with Crippen LogP contribution in [-0.4, -0.2) is 46.1 Å². The largest absolute Gasteiger partial charge is 0.490 e. The number of carbonyl (C=O) groups excluding carboxylic acids is 2. The van der Waals surface area contributed by atoms with Gasteiger partial charge in [-0.1, -0.05) is 26.8 Å². The monoisotopic (exact) mass is 424 g/mol. The van der Waals surface area contributed by atoms with E-state index in [-0.39, 0.29) is 23.3 Å². The van der Waals surface area contributed by atoms with Gasteiger partial charge in [0, 0.05) is 42.8 Å². The fourth-order valence-electron chi connectivity index (χ4n) is 3.80. The van der Waals surface area contributed by atoms with Crippen molar-refractivity contribution in [2.45, 2.75) is 64.5 Å². The zero-order valence-corrected chi connectivity index (χ0v) is 18.6. The van der Waals surface area contributed by atoms with Gasteiger partial charge in [0.15, 0.2) is 0 Å². The summed E-state index contributed by atoms with van der Waals surface area (Å²) >= 11 is 0. The number of aromatic nitrogens is 2. The normalized spacial score (nSPS) is 17.5. The van der Waals surface area contributed by atoms with Crippen molar-refractivity contribution in [2.24, 2.45) is 5.92 Å². The van der Waals surface area contributed by atoms with Gasteiger partial charge in [-0.3, -0.25) is 14.7 Å². The first-order valence-electron chi connectivity index (χ1n) is 11.2. The summed E-state index contributed by atoms with van der Waals surface area (Å²) in [7, 11) is 0. The quantitative estimate of drug-likeness (QED) is 0.744. The lowest BCUT2D eigenvalue weighted by atomic mass is 9.92. The Morgan fingerprint density at radius 1 is 1.16 bits per heavy atom. The summed E-state index contributed by atoms with van der Waals surface area (Å²) in [6.45, 7) is 8.20. The van der Waals surface area contributed by atoms with Crippen molar-refractivity contribution in [2.75, 3.05) is 13.1 Å². The molecule has 1 saturated heterocycles. The summed E-state index contributed by atoms with van der Waals surface area (Å²) in [4.78, 5) is 26.8. The topological polar surface area (TPSA) is 87.3 Å². The number of benzene rings is 1. The van der Waals surface area contributed by atoms with Gasteiger partial charge in [-0.25, -0.2) is 0 Å². The second-order valence-corrected chi connectivity index (χ2v) is 9.66. The fraction of sp³-hybridized carbons (Fsp3) is 0.542. The van der Waals surface area contributed by atoms with Gasteiger partial charge in [-0.15, -0.1) is 0 Å². The molecular formula is C24H32N4O3. The average Bonchev–Trinajstić information content (AvgIpc) is 3.48. The Labute approximate surface area is 183 Å². The molecule has 166 valence electrons. The van der Waals surface area contributed by atoms with Gasteiger partial charge >= 0.3 is 0 Å². The van der Waals surface area contributed by atoms with Gasteiger partial charge in [0.2, 0.25) is 5.91 Å². The molecule has 1 aliphatic heterocycles. The summed E-state index contributed by atoms with van der Waals surface area (Å²) in [5, 5.41) is 10.3. The molecule has 7 nitrogen and oxygen atoms in total. The SMILES string of the molecule is CC(C)(C)c1cc(CNC(=O)c2cccc(OC3CCN(C(=O)C4CC4)CC3)c2)[nH]n1. The van der Waals surface area contributed by atoms with Crippen LogP contribution in [0.2, 0.25) is 0 Å². The van der Waals surface area contributed by atoms with E-state index in [0.29, 0.717) is 23.8 Å². The third-order valence-electron chi connectivity index (χ3n) is 5.92. The van der Waals surface area contributed by atoms with Crippen LogP contribution in [0.3, 0.4) is 0 Å². The van der Waals surface area contributed by atoms with Crippen LogP contribution in [0.4, 0.5) is 0 Å². The molecule has 1 aliphatic carbocycles. The standard InChI is InChI=1S/C24H32N4O3/c1-24(2,3)21-14-18(26-27-21)15-25-22(29)17-5-4-6-20(13-17)31-19-9-11-28(12-10-19)23(30)16-7-8-16/h4-6,13-14,16,19H,7-12,15H2,1-3H3,(H,25,29)(H,26,27). The summed E-state index contributed by atoms with van der Waals surface area (Å²) in [5.41, 5.74) is 2.37. The van der Waals surface area contributed by atoms with Crippen molar-refractivity contribution in [3.63, 3.8) is 0 Å². The van der Waals surface area contributed by atoms with Crippen LogP contribution >= 0.6 is 0 Å². The van der Waals surface area contributed by atoms with E-state index in [1.165, 1.54) is 0 Å². The maximum atomic E-state index is 12.6. The molecule has 2 fully saturated rings. The van der Waals surface area contributed by atoms with Gasteiger partial charge in [-0.2, -0.15) is 5.10 Å². The number of hydrogen-bond donors (Lipinski definition) is 2. The van der Waals surface area contributed by atoms with Crippen LogP contribution in [0.15, 0.2) is 30.3 Å². The number of piperidine rings is 1. The Kier molecular flexibility index (Phi) is 6.03. The average molecular weight is 425 g/mol. The minimum atomic E-state index is -0.151. The van der Waals surface area contributed by atoms with E-state index in [9.17, 15) is 9.59 Å². The Morgan fingerprint density at radius 3 is 2.55 bits per heavy atom. The fourth-order valence-corrected chi connectivity index (χ4v) is 3.80. The molecule has 1 saturated carbocycles. The molecule has 2 aliphatic rings. The number of aromatic amines is 1. The molecule has 31 heavy (non-hydrogen) atoms. The first-order chi connectivity index (χ1) is 14.8. The Morgan fingerprint density at radius 2 is 1.90 bits per heavy atom. The van der Waals surface area contributed by atoms with Crippen molar-refractivity contribution in [1.29, 1.82) is 0 Å². The van der Waals surface area contributed by atoms with E-state index < -0.39 is 0 Å². The number of nitrogens with one attached hydrogen (secondary N) is 2. The van der Waals surface area contributed by atoms with Crippen molar-refractivity contribution in [3.05, 3.63) is 47.3 Å². The Hall–Kier alpha value is -2.83. The van der Waals surface area contributed by atoms with Crippen molar-refractivity contribution in [1.82, 2.24) is 20.4 Å². The Bertz CT molecular complexity index is 934. The number of carbonyl (C=O) groups is 2. The van der Waals surface area contributed by atoms with Crippen LogP contribution < -0.4 is 10.1 Å². The lowest BCUT2D eigenvalue weighted by Crippen LogP contribution is -2.42. The van der Waals surface area contributed by atoms with Crippen LogP contribution in [0.5, 0.6) is 5.75 Å². The summed E-state index contributed by atoms with van der Waals surface area (Å²) in [6, 6.07) is 9.27. The van der Waals surface area contributed by atoms with Crippen molar-refractivity contribution >= 4 is 11.8 Å². The summed E-state index contributed by atoms with van der Waals surface area (Å²) < 4.78 is 6.12. The molecule has 2 amide bonds. The first-order valence-corrected chi connectivity index (χ1v) is 11.2. The lowest BCUT2D eigenvalue weighted by Gasteiger charge is -2.32. The third kappa shape index (κ3) is 5.46. The van der Waals surface area contributed by atoms with Crippen LogP contribution in [0, 0.1) is 5.92 Å². The highest BCUT2D eigenvalue weighted by atomic mass is 16.5. The molecule has 1 aromatic carbocycles. The number of hydrogen-bond acceptors (Lipinski definition) is 4. The minimum Gasteiger partial charge on any atom is -0.490 e. The van der Waals surface area contributed by atoms with E-state index in [2.05, 4.69) is 36.3 Å². The van der Waals surface area contributed by atoms with Gasteiger partial charge in [0.1, 0.15) is 11.9 Å². The van der Waals surface area contributed by atoms with Gasteiger partial charge in [0.05, 0.1) is 17.9 Å². The molecule has 0 bridgehead atoms. The molecule has 1 aromatic heterocycles. The van der Waals surface area contributed by atoms with Gasteiger partial charge in [-0.05, 0) is 37.1 Å². The highest BCUT2D eigenvalue weighted by Gasteiger charge is 2.35. The third-order valence-corrected chi connectivity index (χ3v) is 5.92. The van der Waals surface area contributed by atoms with E-state index in [0.717, 1.165) is 50.2 Å². The second kappa shape index (κ2) is 8.73. The molecule has 2 aromatic rings. The smallest absolute Gasteiger partial charge is 0.251 e. The van der Waals surface area contributed by atoms with Crippen LogP contribution in [0.1, 0.15) is 68.2 Å². The highest BCUT2D eigenvalue weighted by molar-refractivity contribution is 5.94. The predicted octanol–water partition coefficient (Wildman–Crippen LogP) is 3.42. The molecule has 0 radical (unpaired) electrons. The number of likely N-dealkylation sites (tertiary alicyclic amines) is 1. The minimum absolute atomic E-state index is 0.0359. The van der Waals surface area contributed by atoms with Crippen molar-refractivity contribution in [3.8, 4) is 5.75 Å². The number of rotatable bonds is 6. The Balaban J connectivity index is 1.28. The molecule has 4 rings (SSSR count). The molecule has 0 atom stereocenters. The van der Waals surface area contributed by atoms with E-state index in [4.69, 9.17) is 4.74 Å². The molecule has 0 spiro atoms. The maximum absolute atomic E-state index is 12.6. The van der Waals surface area contributed by atoms with Crippen molar-refractivity contribution < 1.29 is 14.3 Å². The zero-order valence-electron chi connectivity index (χ0n) is 18.6. The lowest BCUT2D eigenvalue weighted by molar-refractivity contribution is -0.134. The second-order valence-electron chi connectivity index (χ2n) is 9.66. The van der Waals surface area contributed by atoms with E-state index >= 15 is 0 Å². The molecule has 2 heterocycles. The number of H-pyrrole nitrogens is 1. The number of amides is 2. The first kappa shape index (κ1) is 21.4. The molecule has 0 unspecified atom stereocenters. The summed E-state index contributed by atoms with van der Waals surface area (Å²) in [5.74, 6) is 1.12. The number of nitrogens with zero attached hydrogens (tertiary/aromatic N) is 2. The van der Waals surface area contributed by atoms with Crippen LogP contribution in [-0.2, 0) is 16.8 Å². The molecule has 7 heteroatoms.